The minimum Gasteiger partial charge on any atom is -0.484 e. The van der Waals surface area contributed by atoms with Gasteiger partial charge >= 0.3 is 0 Å². The summed E-state index contributed by atoms with van der Waals surface area (Å²) in [6.45, 7) is 6.58. The van der Waals surface area contributed by atoms with E-state index in [1.165, 1.54) is 11.8 Å². The second kappa shape index (κ2) is 10.9. The van der Waals surface area contributed by atoms with Crippen molar-refractivity contribution >= 4 is 17.5 Å². The number of carbonyl (C=O) groups is 2. The number of benzene rings is 3. The number of aryl methyl sites for hydroxylation is 1. The summed E-state index contributed by atoms with van der Waals surface area (Å²) in [6, 6.07) is 23.5. The smallest absolute Gasteiger partial charge is 0.277 e. The maximum absolute atomic E-state index is 13.1. The van der Waals surface area contributed by atoms with Crippen molar-refractivity contribution in [1.29, 1.82) is 0 Å². The van der Waals surface area contributed by atoms with E-state index in [-0.39, 0.29) is 36.1 Å². The van der Waals surface area contributed by atoms with Gasteiger partial charge in [-0.15, -0.1) is 0 Å². The molecule has 0 saturated carbocycles. The van der Waals surface area contributed by atoms with E-state index in [9.17, 15) is 9.59 Å². The van der Waals surface area contributed by atoms with Gasteiger partial charge in [-0.05, 0) is 59.9 Å². The van der Waals surface area contributed by atoms with Gasteiger partial charge in [0.1, 0.15) is 12.0 Å². The van der Waals surface area contributed by atoms with Crippen LogP contribution in [0.1, 0.15) is 58.5 Å². The predicted molar refractivity (Wildman–Crippen MR) is 145 cm³/mol. The third-order valence-electron chi connectivity index (χ3n) is 6.66. The van der Waals surface area contributed by atoms with E-state index in [0.717, 1.165) is 23.1 Å². The van der Waals surface area contributed by atoms with Crippen molar-refractivity contribution in [2.24, 2.45) is 5.92 Å². The van der Waals surface area contributed by atoms with E-state index in [0.29, 0.717) is 23.9 Å². The van der Waals surface area contributed by atoms with Gasteiger partial charge in [0.15, 0.2) is 12.3 Å². The standard InChI is InChI=1S/C31H31N3O4/c1-20(2)31(36)34-15-14-22-12-13-25(17-26(22)29(34)23-9-5-4-6-10-23)37-19-28-33-27(18-38-28)30(35)32-24-11-7-8-21(3)16-24/h4-13,16-18,20,29H,14-15,19H2,1-3H3,(H,32,35). The van der Waals surface area contributed by atoms with Crippen LogP contribution in [0.2, 0.25) is 0 Å². The second-order valence-corrected chi connectivity index (χ2v) is 9.85. The molecule has 1 aliphatic heterocycles. The second-order valence-electron chi connectivity index (χ2n) is 9.85. The number of ether oxygens (including phenoxy) is 1. The van der Waals surface area contributed by atoms with Crippen molar-refractivity contribution < 1.29 is 18.7 Å². The molecule has 1 N–H and O–H groups in total. The Kier molecular flexibility index (Phi) is 7.26. The minimum absolute atomic E-state index is 0.0706. The lowest BCUT2D eigenvalue weighted by Gasteiger charge is -2.39. The first-order valence-electron chi connectivity index (χ1n) is 12.8. The van der Waals surface area contributed by atoms with Crippen LogP contribution in [0, 0.1) is 12.8 Å². The Bertz CT molecular complexity index is 1440. The third-order valence-corrected chi connectivity index (χ3v) is 6.66. The summed E-state index contributed by atoms with van der Waals surface area (Å²) < 4.78 is 11.5. The third kappa shape index (κ3) is 5.47. The molecule has 1 aliphatic rings. The zero-order valence-corrected chi connectivity index (χ0v) is 21.8. The van der Waals surface area contributed by atoms with Gasteiger partial charge in [-0.25, -0.2) is 4.98 Å². The summed E-state index contributed by atoms with van der Waals surface area (Å²) >= 11 is 0. The first-order valence-corrected chi connectivity index (χ1v) is 12.8. The molecule has 1 unspecified atom stereocenters. The molecule has 0 saturated heterocycles. The van der Waals surface area contributed by atoms with Crippen LogP contribution in [0.15, 0.2) is 83.5 Å². The fraction of sp³-hybridized carbons (Fsp3) is 0.258. The number of nitrogens with zero attached hydrogens (tertiary/aromatic N) is 2. The van der Waals surface area contributed by atoms with Gasteiger partial charge in [0.2, 0.25) is 11.8 Å². The number of carbonyl (C=O) groups excluding carboxylic acids is 2. The van der Waals surface area contributed by atoms with Crippen molar-refractivity contribution in [3.8, 4) is 5.75 Å². The average Bonchev–Trinajstić information content (AvgIpc) is 3.40. The van der Waals surface area contributed by atoms with Crippen LogP contribution in [0.4, 0.5) is 5.69 Å². The number of hydrogen-bond donors (Lipinski definition) is 1. The predicted octanol–water partition coefficient (Wildman–Crippen LogP) is 5.94. The number of oxazole rings is 1. The highest BCUT2D eigenvalue weighted by molar-refractivity contribution is 6.02. The van der Waals surface area contributed by atoms with Crippen LogP contribution < -0.4 is 10.1 Å². The average molecular weight is 510 g/mol. The molecule has 5 rings (SSSR count). The van der Waals surface area contributed by atoms with Crippen molar-refractivity contribution in [3.05, 3.63) is 113 Å². The Morgan fingerprint density at radius 3 is 2.66 bits per heavy atom. The summed E-state index contributed by atoms with van der Waals surface area (Å²) in [5, 5.41) is 2.83. The highest BCUT2D eigenvalue weighted by Crippen LogP contribution is 2.38. The molecule has 0 bridgehead atoms. The normalized spacial score (nSPS) is 14.7. The summed E-state index contributed by atoms with van der Waals surface area (Å²) in [7, 11) is 0. The van der Waals surface area contributed by atoms with E-state index in [1.807, 2.05) is 80.3 Å². The van der Waals surface area contributed by atoms with Gasteiger partial charge in [0.05, 0.1) is 6.04 Å². The summed E-state index contributed by atoms with van der Waals surface area (Å²) in [5.74, 6) is 0.637. The highest BCUT2D eigenvalue weighted by atomic mass is 16.5. The molecule has 0 aliphatic carbocycles. The molecule has 2 amide bonds. The van der Waals surface area contributed by atoms with Crippen molar-refractivity contribution in [2.45, 2.75) is 39.8 Å². The Morgan fingerprint density at radius 1 is 1.08 bits per heavy atom. The first-order chi connectivity index (χ1) is 18.4. The van der Waals surface area contributed by atoms with E-state index in [1.54, 1.807) is 0 Å². The van der Waals surface area contributed by atoms with E-state index < -0.39 is 0 Å². The molecule has 7 heteroatoms. The Balaban J connectivity index is 1.32. The van der Waals surface area contributed by atoms with Gasteiger partial charge < -0.3 is 19.4 Å². The van der Waals surface area contributed by atoms with Crippen LogP contribution in [-0.4, -0.2) is 28.2 Å². The molecular weight excluding hydrogens is 478 g/mol. The minimum atomic E-state index is -0.347. The van der Waals surface area contributed by atoms with Gasteiger partial charge in [-0.1, -0.05) is 62.4 Å². The largest absolute Gasteiger partial charge is 0.484 e. The summed E-state index contributed by atoms with van der Waals surface area (Å²) in [5.41, 5.74) is 5.25. The lowest BCUT2D eigenvalue weighted by Crippen LogP contribution is -2.42. The Hall–Kier alpha value is -4.39. The molecule has 0 spiro atoms. The molecule has 1 aromatic heterocycles. The Labute approximate surface area is 222 Å². The van der Waals surface area contributed by atoms with Crippen LogP contribution in [0.25, 0.3) is 0 Å². The van der Waals surface area contributed by atoms with Crippen LogP contribution in [-0.2, 0) is 17.8 Å². The van der Waals surface area contributed by atoms with E-state index >= 15 is 0 Å². The zero-order chi connectivity index (χ0) is 26.6. The molecule has 0 fully saturated rings. The molecule has 4 aromatic rings. The molecule has 1 atom stereocenters. The topological polar surface area (TPSA) is 84.7 Å². The summed E-state index contributed by atoms with van der Waals surface area (Å²) in [6.07, 6.45) is 2.12. The molecule has 38 heavy (non-hydrogen) atoms. The molecule has 0 radical (unpaired) electrons. The number of nitrogens with one attached hydrogen (secondary N) is 1. The zero-order valence-electron chi connectivity index (χ0n) is 21.8. The molecular formula is C31H31N3O4. The summed E-state index contributed by atoms with van der Waals surface area (Å²) in [4.78, 5) is 32.0. The van der Waals surface area contributed by atoms with Gasteiger partial charge in [0.25, 0.3) is 5.91 Å². The number of aromatic nitrogens is 1. The first kappa shape index (κ1) is 25.3. The van der Waals surface area contributed by atoms with Crippen molar-refractivity contribution in [3.63, 3.8) is 0 Å². The quantitative estimate of drug-likeness (QED) is 0.333. The number of anilines is 1. The van der Waals surface area contributed by atoms with Gasteiger partial charge in [-0.2, -0.15) is 0 Å². The number of amides is 2. The fourth-order valence-electron chi connectivity index (χ4n) is 4.79. The highest BCUT2D eigenvalue weighted by Gasteiger charge is 2.33. The van der Waals surface area contributed by atoms with E-state index in [2.05, 4.69) is 28.5 Å². The molecule has 7 nitrogen and oxygen atoms in total. The number of fused-ring (bicyclic) bond motifs is 1. The monoisotopic (exact) mass is 509 g/mol. The van der Waals surface area contributed by atoms with Crippen molar-refractivity contribution in [1.82, 2.24) is 9.88 Å². The number of rotatable bonds is 7. The van der Waals surface area contributed by atoms with Crippen LogP contribution in [0.3, 0.4) is 0 Å². The molecule has 2 heterocycles. The number of hydrogen-bond acceptors (Lipinski definition) is 5. The SMILES string of the molecule is Cc1cccc(NC(=O)c2coc(COc3ccc4c(c3)C(c3ccccc3)N(C(=O)C(C)C)CC4)n2)c1. The Morgan fingerprint density at radius 2 is 1.89 bits per heavy atom. The van der Waals surface area contributed by atoms with Gasteiger partial charge in [0, 0.05) is 18.2 Å². The molecule has 3 aromatic carbocycles. The maximum atomic E-state index is 13.1. The molecule has 194 valence electrons. The maximum Gasteiger partial charge on any atom is 0.277 e. The lowest BCUT2D eigenvalue weighted by atomic mass is 9.87. The van der Waals surface area contributed by atoms with Crippen LogP contribution >= 0.6 is 0 Å². The van der Waals surface area contributed by atoms with Crippen LogP contribution in [0.5, 0.6) is 5.75 Å². The lowest BCUT2D eigenvalue weighted by molar-refractivity contribution is -0.136. The fourth-order valence-corrected chi connectivity index (χ4v) is 4.79. The van der Waals surface area contributed by atoms with Crippen molar-refractivity contribution in [2.75, 3.05) is 11.9 Å². The van der Waals surface area contributed by atoms with E-state index in [4.69, 9.17) is 9.15 Å². The van der Waals surface area contributed by atoms with Gasteiger partial charge in [-0.3, -0.25) is 9.59 Å².